The third-order valence-electron chi connectivity index (χ3n) is 7.35. The lowest BCUT2D eigenvalue weighted by Gasteiger charge is -2.33. The summed E-state index contributed by atoms with van der Waals surface area (Å²) in [4.78, 5) is 33.2. The highest BCUT2D eigenvalue weighted by atomic mass is 16.5. The van der Waals surface area contributed by atoms with Crippen LogP contribution in [-0.2, 0) is 11.3 Å². The van der Waals surface area contributed by atoms with Crippen molar-refractivity contribution >= 4 is 16.9 Å². The predicted octanol–water partition coefficient (Wildman–Crippen LogP) is 2.28. The highest BCUT2D eigenvalue weighted by Crippen LogP contribution is 2.41. The van der Waals surface area contributed by atoms with Crippen molar-refractivity contribution in [3.8, 4) is 5.75 Å². The molecule has 32 heavy (non-hydrogen) atoms. The molecule has 8 nitrogen and oxygen atoms in total. The zero-order valence-corrected chi connectivity index (χ0v) is 18.7. The highest BCUT2D eigenvalue weighted by Gasteiger charge is 2.47. The molecule has 3 aliphatic rings. The Hall–Kier alpha value is -2.45. The molecule has 1 spiro atoms. The Morgan fingerprint density at radius 1 is 1.28 bits per heavy atom. The van der Waals surface area contributed by atoms with E-state index in [1.807, 2.05) is 0 Å². The number of pyridine rings is 2. The summed E-state index contributed by atoms with van der Waals surface area (Å²) < 4.78 is 7.43. The topological polar surface area (TPSA) is 96.7 Å². The van der Waals surface area contributed by atoms with Crippen LogP contribution in [0.2, 0.25) is 0 Å². The van der Waals surface area contributed by atoms with E-state index in [9.17, 15) is 14.7 Å². The Morgan fingerprint density at radius 3 is 2.81 bits per heavy atom. The molecule has 2 aromatic rings. The minimum atomic E-state index is -0.491. The fourth-order valence-corrected chi connectivity index (χ4v) is 5.14. The Labute approximate surface area is 187 Å². The second-order valence-electron chi connectivity index (χ2n) is 9.79. The van der Waals surface area contributed by atoms with E-state index in [1.165, 1.54) is 0 Å². The van der Waals surface area contributed by atoms with Crippen LogP contribution in [-0.4, -0.2) is 63.3 Å². The first-order valence-electron chi connectivity index (χ1n) is 11.8. The molecular formula is C24H32N4O4. The molecule has 172 valence electrons. The number of ether oxygens (including phenoxy) is 1. The molecule has 0 aromatic carbocycles. The molecular weight excluding hydrogens is 408 g/mol. The van der Waals surface area contributed by atoms with Gasteiger partial charge in [-0.3, -0.25) is 19.1 Å². The molecule has 0 atom stereocenters. The number of hydrogen-bond donors (Lipinski definition) is 2. The summed E-state index contributed by atoms with van der Waals surface area (Å²) >= 11 is 0. The molecule has 1 saturated heterocycles. The number of aromatic hydroxyl groups is 1. The van der Waals surface area contributed by atoms with Gasteiger partial charge in [0.05, 0.1) is 17.6 Å². The number of morpholine rings is 1. The largest absolute Gasteiger partial charge is 0.506 e. The SMILES string of the molecule is CC1CCC(NC(=O)c2c(O)c3cccnc3n(CCN3CCOC4(CC4)C3)c2=O)CC1. The van der Waals surface area contributed by atoms with Crippen molar-refractivity contribution in [1.29, 1.82) is 0 Å². The van der Waals surface area contributed by atoms with Crippen molar-refractivity contribution < 1.29 is 14.6 Å². The minimum absolute atomic E-state index is 0.0149. The molecule has 2 aromatic heterocycles. The Bertz CT molecular complexity index is 1070. The van der Waals surface area contributed by atoms with E-state index in [0.717, 1.165) is 51.6 Å². The van der Waals surface area contributed by atoms with Crippen LogP contribution in [0, 0.1) is 5.92 Å². The van der Waals surface area contributed by atoms with Crippen LogP contribution in [0.4, 0.5) is 0 Å². The van der Waals surface area contributed by atoms with Crippen molar-refractivity contribution in [3.05, 3.63) is 34.2 Å². The molecule has 3 heterocycles. The fourth-order valence-electron chi connectivity index (χ4n) is 5.14. The Balaban J connectivity index is 1.41. The van der Waals surface area contributed by atoms with Gasteiger partial charge in [-0.1, -0.05) is 6.92 Å². The quantitative estimate of drug-likeness (QED) is 0.741. The van der Waals surface area contributed by atoms with Gasteiger partial charge >= 0.3 is 0 Å². The fraction of sp³-hybridized carbons (Fsp3) is 0.625. The number of carbonyl (C=O) groups is 1. The third kappa shape index (κ3) is 4.13. The van der Waals surface area contributed by atoms with Gasteiger partial charge < -0.3 is 15.2 Å². The summed E-state index contributed by atoms with van der Waals surface area (Å²) in [6.45, 7) is 5.70. The van der Waals surface area contributed by atoms with Gasteiger partial charge in [-0.2, -0.15) is 0 Å². The van der Waals surface area contributed by atoms with Crippen molar-refractivity contribution in [2.24, 2.45) is 5.92 Å². The van der Waals surface area contributed by atoms with Crippen LogP contribution in [0.25, 0.3) is 11.0 Å². The molecule has 3 fully saturated rings. The third-order valence-corrected chi connectivity index (χ3v) is 7.35. The van der Waals surface area contributed by atoms with Crippen LogP contribution in [0.5, 0.6) is 5.75 Å². The van der Waals surface area contributed by atoms with Gasteiger partial charge in [-0.05, 0) is 56.6 Å². The van der Waals surface area contributed by atoms with Gasteiger partial charge in [0, 0.05) is 38.4 Å². The van der Waals surface area contributed by atoms with E-state index >= 15 is 0 Å². The molecule has 2 aliphatic carbocycles. The van der Waals surface area contributed by atoms with E-state index in [2.05, 4.69) is 22.1 Å². The second kappa shape index (κ2) is 8.48. The summed E-state index contributed by atoms with van der Waals surface area (Å²) in [6.07, 6.45) is 7.71. The zero-order valence-electron chi connectivity index (χ0n) is 18.7. The summed E-state index contributed by atoms with van der Waals surface area (Å²) in [5.74, 6) is -0.107. The maximum Gasteiger partial charge on any atom is 0.268 e. The average molecular weight is 441 g/mol. The zero-order chi connectivity index (χ0) is 22.3. The second-order valence-corrected chi connectivity index (χ2v) is 9.79. The first-order chi connectivity index (χ1) is 15.5. The maximum atomic E-state index is 13.4. The van der Waals surface area contributed by atoms with Gasteiger partial charge in [-0.25, -0.2) is 4.98 Å². The van der Waals surface area contributed by atoms with Crippen LogP contribution in [0.15, 0.2) is 23.1 Å². The lowest BCUT2D eigenvalue weighted by molar-refractivity contribution is -0.0466. The predicted molar refractivity (Wildman–Crippen MR) is 121 cm³/mol. The lowest BCUT2D eigenvalue weighted by atomic mass is 9.87. The highest BCUT2D eigenvalue weighted by molar-refractivity contribution is 6.01. The standard InChI is InChI=1S/C24H32N4O4/c1-16-4-6-17(7-5-16)26-22(30)19-20(29)18-3-2-10-25-21(18)28(23(19)31)12-11-27-13-14-32-24(15-27)8-9-24/h2-3,10,16-17,29H,4-9,11-15H2,1H3,(H,26,30). The van der Waals surface area contributed by atoms with Crippen LogP contribution in [0.3, 0.4) is 0 Å². The molecule has 8 heteroatoms. The Morgan fingerprint density at radius 2 is 2.06 bits per heavy atom. The number of fused-ring (bicyclic) bond motifs is 1. The van der Waals surface area contributed by atoms with Crippen LogP contribution >= 0.6 is 0 Å². The molecule has 2 N–H and O–H groups in total. The summed E-state index contributed by atoms with van der Waals surface area (Å²) in [5.41, 5.74) is -0.233. The number of carbonyl (C=O) groups excluding carboxylic acids is 1. The summed E-state index contributed by atoms with van der Waals surface area (Å²) in [6, 6.07) is 3.46. The van der Waals surface area contributed by atoms with Gasteiger partial charge in [0.25, 0.3) is 11.5 Å². The van der Waals surface area contributed by atoms with Crippen molar-refractivity contribution in [1.82, 2.24) is 19.8 Å². The number of rotatable bonds is 5. The number of amides is 1. The first kappa shape index (κ1) is 21.4. The van der Waals surface area contributed by atoms with Gasteiger partial charge in [0.2, 0.25) is 0 Å². The summed E-state index contributed by atoms with van der Waals surface area (Å²) in [5, 5.41) is 14.3. The van der Waals surface area contributed by atoms with E-state index in [1.54, 1.807) is 22.9 Å². The Kier molecular flexibility index (Phi) is 5.67. The minimum Gasteiger partial charge on any atom is -0.506 e. The smallest absolute Gasteiger partial charge is 0.268 e. The number of aromatic nitrogens is 2. The molecule has 1 aliphatic heterocycles. The lowest BCUT2D eigenvalue weighted by Crippen LogP contribution is -2.46. The van der Waals surface area contributed by atoms with E-state index < -0.39 is 11.5 Å². The van der Waals surface area contributed by atoms with Gasteiger partial charge in [0.15, 0.2) is 0 Å². The molecule has 1 amide bonds. The monoisotopic (exact) mass is 440 g/mol. The molecule has 0 unspecified atom stereocenters. The van der Waals surface area contributed by atoms with Crippen LogP contribution < -0.4 is 10.9 Å². The van der Waals surface area contributed by atoms with E-state index in [4.69, 9.17) is 4.74 Å². The van der Waals surface area contributed by atoms with Crippen molar-refractivity contribution in [3.63, 3.8) is 0 Å². The normalized spacial score (nSPS) is 25.2. The van der Waals surface area contributed by atoms with E-state index in [0.29, 0.717) is 36.6 Å². The van der Waals surface area contributed by atoms with E-state index in [-0.39, 0.29) is 23.0 Å². The average Bonchev–Trinajstić information content (AvgIpc) is 3.53. The molecule has 0 radical (unpaired) electrons. The molecule has 0 bridgehead atoms. The number of nitrogens with one attached hydrogen (secondary N) is 1. The van der Waals surface area contributed by atoms with Gasteiger partial charge in [0.1, 0.15) is 17.0 Å². The summed E-state index contributed by atoms with van der Waals surface area (Å²) in [7, 11) is 0. The molecule has 2 saturated carbocycles. The van der Waals surface area contributed by atoms with Crippen LogP contribution in [0.1, 0.15) is 55.8 Å². The maximum absolute atomic E-state index is 13.4. The number of nitrogens with zero attached hydrogens (tertiary/aromatic N) is 3. The first-order valence-corrected chi connectivity index (χ1v) is 11.8. The van der Waals surface area contributed by atoms with Crippen molar-refractivity contribution in [2.75, 3.05) is 26.2 Å². The number of hydrogen-bond acceptors (Lipinski definition) is 6. The molecule has 5 rings (SSSR count). The van der Waals surface area contributed by atoms with Crippen molar-refractivity contribution in [2.45, 2.75) is 63.6 Å². The van der Waals surface area contributed by atoms with Gasteiger partial charge in [-0.15, -0.1) is 0 Å².